The van der Waals surface area contributed by atoms with E-state index >= 15 is 0 Å². The lowest BCUT2D eigenvalue weighted by Gasteiger charge is -2.36. The van der Waals surface area contributed by atoms with E-state index in [9.17, 15) is 9.59 Å². The molecular weight excluding hydrogens is 328 g/mol. The van der Waals surface area contributed by atoms with E-state index in [1.807, 2.05) is 0 Å². The first-order valence-electron chi connectivity index (χ1n) is 8.49. The molecule has 3 unspecified atom stereocenters. The summed E-state index contributed by atoms with van der Waals surface area (Å²) in [6.07, 6.45) is 3.46. The summed E-state index contributed by atoms with van der Waals surface area (Å²) in [6.45, 7) is 6.58. The molecule has 0 spiro atoms. The summed E-state index contributed by atoms with van der Waals surface area (Å²) >= 11 is 5.38. The van der Waals surface area contributed by atoms with Crippen LogP contribution in [-0.4, -0.2) is 23.9 Å². The van der Waals surface area contributed by atoms with E-state index in [-0.39, 0.29) is 12.7 Å². The molecule has 0 radical (unpaired) electrons. The van der Waals surface area contributed by atoms with E-state index in [2.05, 4.69) is 20.8 Å². The maximum atomic E-state index is 12.0. The first-order valence-corrected chi connectivity index (χ1v) is 8.86. The Hall–Kier alpha value is -1.39. The quantitative estimate of drug-likeness (QED) is 0.431. The van der Waals surface area contributed by atoms with Crippen LogP contribution >= 0.6 is 11.6 Å². The van der Waals surface area contributed by atoms with Gasteiger partial charge in [-0.15, -0.1) is 0 Å². The van der Waals surface area contributed by atoms with E-state index in [4.69, 9.17) is 21.1 Å². The molecule has 4 nitrogen and oxygen atoms in total. The summed E-state index contributed by atoms with van der Waals surface area (Å²) < 4.78 is 11.1. The van der Waals surface area contributed by atoms with Crippen molar-refractivity contribution in [1.29, 1.82) is 0 Å². The van der Waals surface area contributed by atoms with Crippen LogP contribution in [0.1, 0.15) is 50.4 Å². The SMILES string of the molecule is CC1CCC(C(C)C)C(OCC(=O)Oc2ccc(C(=O)Cl)cc2)C1. The predicted molar refractivity (Wildman–Crippen MR) is 93.3 cm³/mol. The molecular formula is C19H25ClO4. The Morgan fingerprint density at radius 2 is 1.88 bits per heavy atom. The van der Waals surface area contributed by atoms with Crippen molar-refractivity contribution < 1.29 is 19.1 Å². The van der Waals surface area contributed by atoms with Crippen molar-refractivity contribution in [2.24, 2.45) is 17.8 Å². The highest BCUT2D eigenvalue weighted by atomic mass is 35.5. The van der Waals surface area contributed by atoms with Crippen molar-refractivity contribution in [3.05, 3.63) is 29.8 Å². The standard InChI is InChI=1S/C19H25ClO4/c1-12(2)16-9-4-13(3)10-17(16)23-11-18(21)24-15-7-5-14(6-8-15)19(20)22/h5-8,12-13,16-17H,4,9-11H2,1-3H3. The monoisotopic (exact) mass is 352 g/mol. The number of benzene rings is 1. The number of hydrogen-bond acceptors (Lipinski definition) is 4. The third kappa shape index (κ3) is 5.32. The third-order valence-corrected chi connectivity index (χ3v) is 4.91. The van der Waals surface area contributed by atoms with Gasteiger partial charge in [-0.1, -0.05) is 27.2 Å². The molecule has 5 heteroatoms. The molecule has 132 valence electrons. The summed E-state index contributed by atoms with van der Waals surface area (Å²) in [7, 11) is 0. The van der Waals surface area contributed by atoms with E-state index in [0.717, 1.165) is 12.8 Å². The minimum Gasteiger partial charge on any atom is -0.425 e. The average Bonchev–Trinajstić information content (AvgIpc) is 2.53. The molecule has 0 aliphatic heterocycles. The molecule has 3 atom stereocenters. The van der Waals surface area contributed by atoms with Crippen LogP contribution in [0.5, 0.6) is 5.75 Å². The highest BCUT2D eigenvalue weighted by Gasteiger charge is 2.31. The van der Waals surface area contributed by atoms with Crippen molar-refractivity contribution in [3.63, 3.8) is 0 Å². The van der Waals surface area contributed by atoms with Gasteiger partial charge in [0.15, 0.2) is 0 Å². The van der Waals surface area contributed by atoms with E-state index in [0.29, 0.717) is 29.1 Å². The molecule has 1 aliphatic carbocycles. The zero-order valence-electron chi connectivity index (χ0n) is 14.5. The molecule has 1 saturated carbocycles. The molecule has 0 bridgehead atoms. The van der Waals surface area contributed by atoms with Gasteiger partial charge in [0.05, 0.1) is 6.10 Å². The van der Waals surface area contributed by atoms with Crippen molar-refractivity contribution in [1.82, 2.24) is 0 Å². The van der Waals surface area contributed by atoms with E-state index < -0.39 is 11.2 Å². The van der Waals surface area contributed by atoms with Crippen molar-refractivity contribution >= 4 is 22.8 Å². The largest absolute Gasteiger partial charge is 0.425 e. The van der Waals surface area contributed by atoms with Gasteiger partial charge in [0.1, 0.15) is 12.4 Å². The number of esters is 1. The molecule has 1 fully saturated rings. The van der Waals surface area contributed by atoms with Gasteiger partial charge in [-0.05, 0) is 66.5 Å². The van der Waals surface area contributed by atoms with Crippen LogP contribution in [0.25, 0.3) is 0 Å². The number of carbonyl (C=O) groups excluding carboxylic acids is 2. The lowest BCUT2D eigenvalue weighted by molar-refractivity contribution is -0.145. The van der Waals surface area contributed by atoms with Gasteiger partial charge in [-0.2, -0.15) is 0 Å². The normalized spacial score (nSPS) is 24.0. The molecule has 0 heterocycles. The number of rotatable bonds is 6. The Balaban J connectivity index is 1.86. The van der Waals surface area contributed by atoms with Gasteiger partial charge in [0.2, 0.25) is 0 Å². The van der Waals surface area contributed by atoms with Crippen molar-refractivity contribution in [3.8, 4) is 5.75 Å². The molecule has 24 heavy (non-hydrogen) atoms. The first-order chi connectivity index (χ1) is 11.4. The second-order valence-electron chi connectivity index (χ2n) is 6.95. The fourth-order valence-electron chi connectivity index (χ4n) is 3.30. The van der Waals surface area contributed by atoms with Crippen LogP contribution in [0, 0.1) is 17.8 Å². The van der Waals surface area contributed by atoms with Crippen molar-refractivity contribution in [2.75, 3.05) is 6.61 Å². The Bertz CT molecular complexity index is 567. The Kier molecular flexibility index (Phi) is 6.81. The first kappa shape index (κ1) is 18.9. The fraction of sp³-hybridized carbons (Fsp3) is 0.579. The maximum Gasteiger partial charge on any atom is 0.337 e. The highest BCUT2D eigenvalue weighted by molar-refractivity contribution is 6.67. The van der Waals surface area contributed by atoms with Crippen LogP contribution in [0.3, 0.4) is 0 Å². The molecule has 0 N–H and O–H groups in total. The topological polar surface area (TPSA) is 52.6 Å². The maximum absolute atomic E-state index is 12.0. The third-order valence-electron chi connectivity index (χ3n) is 4.69. The van der Waals surface area contributed by atoms with Crippen LogP contribution in [0.15, 0.2) is 24.3 Å². The minimum atomic E-state index is -0.539. The Labute approximate surface area is 148 Å². The number of halogens is 1. The van der Waals surface area contributed by atoms with Gasteiger partial charge in [-0.25, -0.2) is 4.79 Å². The second kappa shape index (κ2) is 8.63. The van der Waals surface area contributed by atoms with Crippen LogP contribution in [-0.2, 0) is 9.53 Å². The lowest BCUT2D eigenvalue weighted by Crippen LogP contribution is -2.36. The van der Waals surface area contributed by atoms with Gasteiger partial charge < -0.3 is 9.47 Å². The molecule has 1 aromatic rings. The average molecular weight is 353 g/mol. The van der Waals surface area contributed by atoms with Crippen molar-refractivity contribution in [2.45, 2.75) is 46.1 Å². The van der Waals surface area contributed by atoms with E-state index in [1.165, 1.54) is 18.6 Å². The minimum absolute atomic E-state index is 0.0587. The summed E-state index contributed by atoms with van der Waals surface area (Å²) in [5, 5.41) is -0.539. The van der Waals surface area contributed by atoms with Crippen LogP contribution < -0.4 is 4.74 Å². The van der Waals surface area contributed by atoms with Gasteiger partial charge >= 0.3 is 5.97 Å². The zero-order valence-corrected chi connectivity index (χ0v) is 15.2. The van der Waals surface area contributed by atoms with Gasteiger partial charge in [0, 0.05) is 5.56 Å². The number of hydrogen-bond donors (Lipinski definition) is 0. The summed E-state index contributed by atoms with van der Waals surface area (Å²) in [5.74, 6) is 1.60. The summed E-state index contributed by atoms with van der Waals surface area (Å²) in [6, 6.07) is 6.15. The summed E-state index contributed by atoms with van der Waals surface area (Å²) in [4.78, 5) is 23.0. The summed E-state index contributed by atoms with van der Waals surface area (Å²) in [5.41, 5.74) is 0.365. The zero-order chi connectivity index (χ0) is 17.7. The second-order valence-corrected chi connectivity index (χ2v) is 7.29. The van der Waals surface area contributed by atoms with Crippen LogP contribution in [0.2, 0.25) is 0 Å². The molecule has 1 aliphatic rings. The molecule has 0 aromatic heterocycles. The highest BCUT2D eigenvalue weighted by Crippen LogP contribution is 2.35. The predicted octanol–water partition coefficient (Wildman–Crippen LogP) is 4.45. The number of ether oxygens (including phenoxy) is 2. The van der Waals surface area contributed by atoms with E-state index in [1.54, 1.807) is 12.1 Å². The number of carbonyl (C=O) groups is 2. The molecule has 0 saturated heterocycles. The molecule has 2 rings (SSSR count). The van der Waals surface area contributed by atoms with Gasteiger partial charge in [0.25, 0.3) is 5.24 Å². The fourth-order valence-corrected chi connectivity index (χ4v) is 3.42. The Morgan fingerprint density at radius 1 is 1.21 bits per heavy atom. The van der Waals surface area contributed by atoms with Gasteiger partial charge in [-0.3, -0.25) is 4.79 Å². The smallest absolute Gasteiger partial charge is 0.337 e. The molecule has 1 aromatic carbocycles. The molecule has 0 amide bonds. The Morgan fingerprint density at radius 3 is 2.46 bits per heavy atom. The van der Waals surface area contributed by atoms with Crippen LogP contribution in [0.4, 0.5) is 0 Å². The lowest BCUT2D eigenvalue weighted by atomic mass is 9.75.